The van der Waals surface area contributed by atoms with Crippen LogP contribution in [0.15, 0.2) is 0 Å². The summed E-state index contributed by atoms with van der Waals surface area (Å²) in [5.74, 6) is -2.37. The summed E-state index contributed by atoms with van der Waals surface area (Å²) >= 11 is 0. The van der Waals surface area contributed by atoms with E-state index in [-0.39, 0.29) is 43.3 Å². The number of Topliss-reactive ketones (excluding diaryl/α,β-unsaturated/α-hetero) is 1. The molecule has 9 nitrogen and oxygen atoms in total. The molecule has 0 aliphatic heterocycles. The first-order valence-electron chi connectivity index (χ1n) is 12.0. The molecule has 0 fully saturated rings. The molecule has 0 saturated heterocycles. The number of ketones is 1. The molecule has 0 bridgehead atoms. The van der Waals surface area contributed by atoms with Crippen molar-refractivity contribution in [3.8, 4) is 0 Å². The van der Waals surface area contributed by atoms with E-state index in [9.17, 15) is 4.79 Å². The van der Waals surface area contributed by atoms with Gasteiger partial charge in [0.1, 0.15) is 0 Å². The van der Waals surface area contributed by atoms with Crippen LogP contribution in [0.2, 0.25) is 0 Å². The molecular formula is C24H51N2NaO7. The summed E-state index contributed by atoms with van der Waals surface area (Å²) < 4.78 is 0. The van der Waals surface area contributed by atoms with Gasteiger partial charge < -0.3 is 28.2 Å². The fraction of sp³-hybridized carbons (Fsp3) is 0.833. The van der Waals surface area contributed by atoms with Crippen molar-refractivity contribution in [2.75, 3.05) is 6.54 Å². The minimum atomic E-state index is -0.833. The van der Waals surface area contributed by atoms with E-state index in [0.29, 0.717) is 6.42 Å². The second kappa shape index (κ2) is 36.6. The van der Waals surface area contributed by atoms with Gasteiger partial charge in [0.25, 0.3) is 17.9 Å². The van der Waals surface area contributed by atoms with Gasteiger partial charge in [-0.1, -0.05) is 84.0 Å². The molecule has 10 heteroatoms. The number of unbranched alkanes of at least 4 members (excludes halogenated alkanes) is 12. The standard InChI is InChI=1S/C18H38N2O.3C2H4O2.Na.H/c1-2-3-4-5-6-7-8-9-10-11-12-13-14-15-18(21)17(20)16-19;3*1-2(3)4;;/h17H,2-16,19-20H2,1H3;3*1H3,(H,3,4);;/q;;;;+1;-1. The Balaban J connectivity index is -0.000000125. The van der Waals surface area contributed by atoms with Crippen LogP contribution >= 0.6 is 0 Å². The number of carbonyl (C=O) groups is 4. The number of carboxylic acids is 3. The third-order valence-corrected chi connectivity index (χ3v) is 4.19. The van der Waals surface area contributed by atoms with Crippen molar-refractivity contribution in [1.29, 1.82) is 0 Å². The predicted octanol–water partition coefficient (Wildman–Crippen LogP) is 1.71. The van der Waals surface area contributed by atoms with Crippen LogP contribution in [0.25, 0.3) is 0 Å². The third-order valence-electron chi connectivity index (χ3n) is 4.19. The van der Waals surface area contributed by atoms with Gasteiger partial charge in [-0.2, -0.15) is 0 Å². The van der Waals surface area contributed by atoms with Crippen LogP contribution in [0.4, 0.5) is 0 Å². The SMILES string of the molecule is CC(=O)O.CC(=O)O.CC(=O)O.CCCCCCCCCCCCCCCC(=O)C(N)CN.[H-].[Na+]. The van der Waals surface area contributed by atoms with E-state index >= 15 is 0 Å². The van der Waals surface area contributed by atoms with Crippen molar-refractivity contribution in [2.24, 2.45) is 11.5 Å². The zero-order valence-electron chi connectivity index (χ0n) is 23.3. The Bertz CT molecular complexity index is 444. The summed E-state index contributed by atoms with van der Waals surface area (Å²) in [6.45, 7) is 5.79. The molecular weight excluding hydrogens is 451 g/mol. The van der Waals surface area contributed by atoms with E-state index in [1.807, 2.05) is 0 Å². The Morgan fingerprint density at radius 1 is 0.647 bits per heavy atom. The minimum absolute atomic E-state index is 0. The van der Waals surface area contributed by atoms with E-state index < -0.39 is 23.9 Å². The van der Waals surface area contributed by atoms with Crippen LogP contribution in [-0.2, 0) is 19.2 Å². The van der Waals surface area contributed by atoms with Gasteiger partial charge in [0.2, 0.25) is 0 Å². The molecule has 0 radical (unpaired) electrons. The van der Waals surface area contributed by atoms with Gasteiger partial charge in [-0.15, -0.1) is 0 Å². The number of aliphatic carboxylic acids is 3. The molecule has 0 aromatic rings. The largest absolute Gasteiger partial charge is 1.00 e. The topological polar surface area (TPSA) is 181 Å². The molecule has 200 valence electrons. The Kier molecular flexibility index (Phi) is 46.4. The van der Waals surface area contributed by atoms with E-state index in [1.54, 1.807) is 0 Å². The fourth-order valence-corrected chi connectivity index (χ4v) is 2.63. The number of carbonyl (C=O) groups excluding carboxylic acids is 1. The van der Waals surface area contributed by atoms with Crippen LogP contribution in [0.1, 0.15) is 119 Å². The predicted molar refractivity (Wildman–Crippen MR) is 133 cm³/mol. The van der Waals surface area contributed by atoms with Gasteiger partial charge in [-0.25, -0.2) is 0 Å². The number of carboxylic acid groups (broad SMARTS) is 3. The van der Waals surface area contributed by atoms with Crippen LogP contribution in [-0.4, -0.2) is 51.6 Å². The average molecular weight is 503 g/mol. The smallest absolute Gasteiger partial charge is 1.00 e. The summed E-state index contributed by atoms with van der Waals surface area (Å²) in [6, 6.07) is -0.442. The molecule has 0 heterocycles. The monoisotopic (exact) mass is 502 g/mol. The molecule has 1 atom stereocenters. The molecule has 0 saturated carbocycles. The van der Waals surface area contributed by atoms with Gasteiger partial charge in [0.05, 0.1) is 6.04 Å². The molecule has 0 rings (SSSR count). The Hall–Kier alpha value is -1.000. The van der Waals surface area contributed by atoms with Crippen molar-refractivity contribution < 1.29 is 65.5 Å². The second-order valence-corrected chi connectivity index (χ2v) is 7.86. The fourth-order valence-electron chi connectivity index (χ4n) is 2.63. The van der Waals surface area contributed by atoms with Gasteiger partial charge in [-0.3, -0.25) is 19.2 Å². The summed E-state index contributed by atoms with van der Waals surface area (Å²) in [5.41, 5.74) is 11.0. The molecule has 1 unspecified atom stereocenters. The van der Waals surface area contributed by atoms with Crippen molar-refractivity contribution in [1.82, 2.24) is 0 Å². The summed E-state index contributed by atoms with van der Waals surface area (Å²) in [5, 5.41) is 22.2. The molecule has 0 aliphatic rings. The van der Waals surface area contributed by atoms with Gasteiger partial charge in [0.15, 0.2) is 5.78 Å². The first-order valence-corrected chi connectivity index (χ1v) is 12.0. The first-order chi connectivity index (χ1) is 15.4. The van der Waals surface area contributed by atoms with Gasteiger partial charge >= 0.3 is 29.6 Å². The average Bonchev–Trinajstić information content (AvgIpc) is 2.69. The molecule has 0 aliphatic carbocycles. The zero-order chi connectivity index (χ0) is 26.5. The molecule has 7 N–H and O–H groups in total. The third kappa shape index (κ3) is 69.8. The Morgan fingerprint density at radius 2 is 0.882 bits per heavy atom. The number of hydrogen-bond acceptors (Lipinski definition) is 6. The van der Waals surface area contributed by atoms with Crippen LogP contribution in [0, 0.1) is 0 Å². The van der Waals surface area contributed by atoms with E-state index in [2.05, 4.69) is 6.92 Å². The maximum absolute atomic E-state index is 11.5. The van der Waals surface area contributed by atoms with Crippen LogP contribution in [0.3, 0.4) is 0 Å². The number of rotatable bonds is 16. The maximum atomic E-state index is 11.5. The van der Waals surface area contributed by atoms with E-state index in [1.165, 1.54) is 70.6 Å². The quantitative estimate of drug-likeness (QED) is 0.155. The van der Waals surface area contributed by atoms with Crippen LogP contribution < -0.4 is 41.0 Å². The second-order valence-electron chi connectivity index (χ2n) is 7.86. The maximum Gasteiger partial charge on any atom is 1.00 e. The van der Waals surface area contributed by atoms with Gasteiger partial charge in [-0.05, 0) is 6.42 Å². The molecule has 0 aromatic heterocycles. The molecule has 0 aromatic carbocycles. The Morgan fingerprint density at radius 3 is 1.12 bits per heavy atom. The summed E-state index contributed by atoms with van der Waals surface area (Å²) in [4.78, 5) is 38.5. The first kappa shape index (κ1) is 43.1. The minimum Gasteiger partial charge on any atom is -1.00 e. The molecule has 34 heavy (non-hydrogen) atoms. The Labute approximate surface area is 230 Å². The number of nitrogens with two attached hydrogens (primary N) is 2. The molecule has 0 spiro atoms. The summed E-state index contributed by atoms with van der Waals surface area (Å²) in [7, 11) is 0. The van der Waals surface area contributed by atoms with Crippen molar-refractivity contribution in [2.45, 2.75) is 124 Å². The van der Waals surface area contributed by atoms with Gasteiger partial charge in [0, 0.05) is 33.7 Å². The van der Waals surface area contributed by atoms with Crippen LogP contribution in [0.5, 0.6) is 0 Å². The van der Waals surface area contributed by atoms with Crippen molar-refractivity contribution >= 4 is 23.7 Å². The zero-order valence-corrected chi connectivity index (χ0v) is 24.3. The van der Waals surface area contributed by atoms with Crippen molar-refractivity contribution in [3.63, 3.8) is 0 Å². The van der Waals surface area contributed by atoms with E-state index in [4.69, 9.17) is 41.2 Å². The number of hydrogen-bond donors (Lipinski definition) is 5. The van der Waals surface area contributed by atoms with E-state index in [0.717, 1.165) is 33.6 Å². The normalized spacial score (nSPS) is 9.94. The van der Waals surface area contributed by atoms with Crippen molar-refractivity contribution in [3.05, 3.63) is 0 Å². The summed E-state index contributed by atoms with van der Waals surface area (Å²) in [6.07, 6.45) is 17.8. The molecule has 0 amide bonds.